The van der Waals surface area contributed by atoms with Crippen LogP contribution in [-0.4, -0.2) is 112 Å². The highest BCUT2D eigenvalue weighted by Gasteiger charge is 2.23. The van der Waals surface area contributed by atoms with Crippen molar-refractivity contribution in [3.8, 4) is 5.69 Å². The van der Waals surface area contributed by atoms with Crippen LogP contribution in [0, 0.1) is 29.2 Å². The number of hydrogen-bond acceptors (Lipinski definition) is 7. The van der Waals surface area contributed by atoms with E-state index in [1.165, 1.54) is 12.1 Å². The second-order valence-electron chi connectivity index (χ2n) is 14.9. The number of nitrogens with one attached hydrogen (secondary N) is 1. The molecular weight excluding hydrogens is 679 g/mol. The van der Waals surface area contributed by atoms with E-state index >= 15 is 0 Å². The van der Waals surface area contributed by atoms with Crippen LogP contribution in [0.1, 0.15) is 58.1 Å². The van der Waals surface area contributed by atoms with Gasteiger partial charge in [-0.05, 0) is 75.2 Å². The molecule has 4 rings (SSSR count). The molecule has 2 fully saturated rings. The van der Waals surface area contributed by atoms with Crippen LogP contribution in [0.4, 0.5) is 20.2 Å². The molecule has 0 bridgehead atoms. The molecule has 2 aliphatic heterocycles. The molecule has 2 heterocycles. The summed E-state index contributed by atoms with van der Waals surface area (Å²) in [6.45, 7) is 23.5. The van der Waals surface area contributed by atoms with Gasteiger partial charge in [0, 0.05) is 96.1 Å². The van der Waals surface area contributed by atoms with Gasteiger partial charge in [-0.1, -0.05) is 39.2 Å². The number of nitrogen functional groups attached to an aromatic ring is 1. The van der Waals surface area contributed by atoms with Gasteiger partial charge in [0.1, 0.15) is 11.6 Å². The van der Waals surface area contributed by atoms with E-state index in [9.17, 15) is 18.4 Å². The Bertz CT molecular complexity index is 1500. The number of nitrogens with zero attached hydrogens (tertiary/aromatic N) is 6. The Labute approximate surface area is 312 Å². The van der Waals surface area contributed by atoms with Gasteiger partial charge in [-0.15, -0.1) is 0 Å². The summed E-state index contributed by atoms with van der Waals surface area (Å²) in [7, 11) is 2.79. The molecule has 2 saturated heterocycles. The van der Waals surface area contributed by atoms with Gasteiger partial charge >= 0.3 is 0 Å². The number of rotatable bonds is 10. The van der Waals surface area contributed by atoms with Gasteiger partial charge in [0.15, 0.2) is 8.07 Å². The highest BCUT2D eigenvalue weighted by Crippen LogP contribution is 2.21. The summed E-state index contributed by atoms with van der Waals surface area (Å²) in [6, 6.07) is 9.67. The topological polar surface area (TPSA) is 113 Å². The highest BCUT2D eigenvalue weighted by molar-refractivity contribution is 6.83. The van der Waals surface area contributed by atoms with Gasteiger partial charge in [0.25, 0.3) is 5.66 Å². The predicted molar refractivity (Wildman–Crippen MR) is 211 cm³/mol. The molecule has 0 aromatic heterocycles. The Morgan fingerprint density at radius 2 is 1.25 bits per heavy atom. The molecule has 0 aliphatic carbocycles. The Morgan fingerprint density at radius 3 is 1.62 bits per heavy atom. The first-order valence-corrected chi connectivity index (χ1v) is 21.3. The average molecular weight is 741 g/mol. The summed E-state index contributed by atoms with van der Waals surface area (Å²) in [5, 5.41) is 11.2. The highest BCUT2D eigenvalue weighted by atomic mass is 28.3. The van der Waals surface area contributed by atoms with Crippen LogP contribution in [0.25, 0.3) is 4.85 Å². The monoisotopic (exact) mass is 740 g/mol. The predicted octanol–water partition coefficient (Wildman–Crippen LogP) is 6.52. The third-order valence-corrected chi connectivity index (χ3v) is 9.25. The van der Waals surface area contributed by atoms with Gasteiger partial charge in [0.05, 0.1) is 0 Å². The number of nitrogens with two attached hydrogens (primary N) is 1. The Morgan fingerprint density at radius 1 is 0.846 bits per heavy atom. The van der Waals surface area contributed by atoms with E-state index in [4.69, 9.17) is 17.6 Å². The molecule has 0 radical (unpaired) electrons. The Balaban J connectivity index is 0.000000449. The van der Waals surface area contributed by atoms with E-state index in [0.29, 0.717) is 61.0 Å². The van der Waals surface area contributed by atoms with Crippen molar-refractivity contribution in [1.82, 2.24) is 19.6 Å². The standard InChI is InChI=1S/C19H27FN4O.C15H22FN3O.C4H9NSi.CH4/c1-19(2,21-3)22-16-9-8-15(17(20)14-16)6-5-7-18(25)24-12-10-23(4)11-13-24;1-18-7-9-19(10-8-18)15(20)4-2-3-12-5-6-13(17)11-14(12)16;1-6(2,3)4-5;/h8-9,14,22H,5-7,10-13H2,1-2,4H3;5-6,11H,2-4,7-10,17H2,1H3;1-3H3;1H4. The minimum atomic E-state index is -1.33. The number of halogens is 2. The third kappa shape index (κ3) is 17.5. The summed E-state index contributed by atoms with van der Waals surface area (Å²) >= 11 is 0. The lowest BCUT2D eigenvalue weighted by atomic mass is 10.1. The van der Waals surface area contributed by atoms with Crippen molar-refractivity contribution in [2.45, 2.75) is 85.1 Å². The van der Waals surface area contributed by atoms with Crippen LogP contribution in [0.3, 0.4) is 0 Å². The third-order valence-electron chi connectivity index (χ3n) is 8.58. The number of carbonyl (C=O) groups is 2. The first-order valence-electron chi connectivity index (χ1n) is 17.8. The summed E-state index contributed by atoms with van der Waals surface area (Å²) < 4.78 is 27.8. The number of nitriles is 1. The van der Waals surface area contributed by atoms with Crippen LogP contribution >= 0.6 is 0 Å². The summed E-state index contributed by atoms with van der Waals surface area (Å²) in [4.78, 5) is 35.9. The number of anilines is 2. The largest absolute Gasteiger partial charge is 0.399 e. The molecule has 52 heavy (non-hydrogen) atoms. The number of piperazine rings is 2. The summed E-state index contributed by atoms with van der Waals surface area (Å²) in [5.74, 6) is -0.241. The van der Waals surface area contributed by atoms with Gasteiger partial charge in [-0.3, -0.25) is 14.4 Å². The van der Waals surface area contributed by atoms with Gasteiger partial charge in [0.2, 0.25) is 11.8 Å². The fraction of sp³-hybridized carbons (Fsp3) is 0.590. The molecular formula is C39H62F2N8O2Si. The van der Waals surface area contributed by atoms with E-state index in [-0.39, 0.29) is 30.9 Å². The zero-order valence-corrected chi connectivity index (χ0v) is 32.7. The number of aryl methyl sites for hydroxylation is 2. The molecule has 2 aliphatic rings. The van der Waals surface area contributed by atoms with Gasteiger partial charge in [-0.2, -0.15) is 0 Å². The summed E-state index contributed by atoms with van der Waals surface area (Å²) in [6.07, 6.45) is 3.36. The van der Waals surface area contributed by atoms with Crippen molar-refractivity contribution in [1.29, 1.82) is 5.26 Å². The lowest BCUT2D eigenvalue weighted by Crippen LogP contribution is -2.47. The second-order valence-corrected chi connectivity index (χ2v) is 19.6. The number of benzene rings is 2. The van der Waals surface area contributed by atoms with Crippen molar-refractivity contribution in [3.63, 3.8) is 0 Å². The molecule has 2 aromatic rings. The number of amides is 2. The summed E-state index contributed by atoms with van der Waals surface area (Å²) in [5.41, 5.74) is 9.25. The average Bonchev–Trinajstić information content (AvgIpc) is 3.07. The van der Waals surface area contributed by atoms with Crippen LogP contribution in [-0.2, 0) is 22.4 Å². The smallest absolute Gasteiger partial charge is 0.299 e. The molecule has 0 atom stereocenters. The van der Waals surface area contributed by atoms with Crippen LogP contribution in [0.5, 0.6) is 0 Å². The van der Waals surface area contributed by atoms with Gasteiger partial charge < -0.3 is 30.7 Å². The molecule has 10 nitrogen and oxygen atoms in total. The van der Waals surface area contributed by atoms with Crippen LogP contribution < -0.4 is 11.1 Å². The molecule has 0 spiro atoms. The number of likely N-dealkylation sites (N-methyl/N-ethyl adjacent to an activating group) is 2. The second kappa shape index (κ2) is 22.1. The maximum absolute atomic E-state index is 14.2. The van der Waals surface area contributed by atoms with E-state index in [1.54, 1.807) is 38.1 Å². The zero-order valence-electron chi connectivity index (χ0n) is 31.7. The molecule has 0 saturated carbocycles. The van der Waals surface area contributed by atoms with Crippen LogP contribution in [0.2, 0.25) is 19.6 Å². The fourth-order valence-electron chi connectivity index (χ4n) is 5.26. The van der Waals surface area contributed by atoms with Crippen LogP contribution in [0.15, 0.2) is 36.4 Å². The first-order chi connectivity index (χ1) is 23.9. The molecule has 2 aromatic carbocycles. The molecule has 288 valence electrons. The minimum absolute atomic E-state index is 0. The fourth-order valence-corrected chi connectivity index (χ4v) is 5.26. The maximum atomic E-state index is 14.2. The normalized spacial score (nSPS) is 15.1. The zero-order chi connectivity index (χ0) is 38.2. The van der Waals surface area contributed by atoms with Crippen molar-refractivity contribution >= 4 is 31.3 Å². The van der Waals surface area contributed by atoms with Gasteiger partial charge in [-0.25, -0.2) is 20.6 Å². The van der Waals surface area contributed by atoms with Crippen molar-refractivity contribution in [3.05, 3.63) is 70.6 Å². The van der Waals surface area contributed by atoms with E-state index < -0.39 is 13.7 Å². The van der Waals surface area contributed by atoms with E-state index in [2.05, 4.69) is 39.7 Å². The van der Waals surface area contributed by atoms with E-state index in [0.717, 1.165) is 52.4 Å². The number of carbonyl (C=O) groups excluding carboxylic acids is 2. The van der Waals surface area contributed by atoms with E-state index in [1.807, 2.05) is 29.4 Å². The lowest BCUT2D eigenvalue weighted by Gasteiger charge is -2.32. The number of hydrogen-bond donors (Lipinski definition) is 2. The first kappa shape index (κ1) is 46.0. The van der Waals surface area contributed by atoms with Crippen molar-refractivity contribution < 1.29 is 18.4 Å². The molecule has 2 amide bonds. The Kier molecular flexibility index (Phi) is 19.6. The lowest BCUT2D eigenvalue weighted by molar-refractivity contribution is -0.133. The molecule has 3 N–H and O–H groups in total. The SMILES string of the molecule is C.CN1CCN(C(=O)CCCc2ccc(N)cc2F)CC1.C[Si](C)(C)C#N.[C-]#[N+]C(C)(C)Nc1ccc(CCCC(=O)N2CCN(C)CC2)c(F)c1. The van der Waals surface area contributed by atoms with Crippen molar-refractivity contribution in [2.24, 2.45) is 0 Å². The molecule has 13 heteroatoms. The Hall–Kier alpha value is -4.04. The van der Waals surface area contributed by atoms with Crippen molar-refractivity contribution in [2.75, 3.05) is 77.5 Å². The molecule has 0 unspecified atom stereocenters. The maximum Gasteiger partial charge on any atom is 0.299 e. The quantitative estimate of drug-likeness (QED) is 0.162. The minimum Gasteiger partial charge on any atom is -0.399 e.